The number of carboxylic acid groups (broad SMARTS) is 1. The lowest BCUT2D eigenvalue weighted by molar-refractivity contribution is 0.0697. The third-order valence-corrected chi connectivity index (χ3v) is 2.18. The van der Waals surface area contributed by atoms with Gasteiger partial charge in [-0.3, -0.25) is 4.98 Å². The van der Waals surface area contributed by atoms with Gasteiger partial charge in [0, 0.05) is 18.9 Å². The van der Waals surface area contributed by atoms with Crippen LogP contribution < -0.4 is 5.32 Å². The Balaban J connectivity index is 2.52. The van der Waals surface area contributed by atoms with Crippen LogP contribution >= 0.6 is 0 Å². The molecule has 0 aromatic carbocycles. The van der Waals surface area contributed by atoms with Crippen molar-refractivity contribution in [1.82, 2.24) is 4.98 Å². The molecule has 1 aromatic heterocycles. The van der Waals surface area contributed by atoms with Crippen molar-refractivity contribution in [3.63, 3.8) is 0 Å². The van der Waals surface area contributed by atoms with Crippen LogP contribution in [0.2, 0.25) is 0 Å². The fourth-order valence-corrected chi connectivity index (χ4v) is 1.56. The Bertz CT molecular complexity index is 349. The summed E-state index contributed by atoms with van der Waals surface area (Å²) in [7, 11) is 0. The first-order chi connectivity index (χ1) is 6.29. The molecule has 0 saturated carbocycles. The van der Waals surface area contributed by atoms with Gasteiger partial charge in [0.05, 0.1) is 5.69 Å². The molecule has 4 nitrogen and oxygen atoms in total. The first kappa shape index (κ1) is 8.04. The number of fused-ring (bicyclic) bond motifs is 1. The molecule has 0 unspecified atom stereocenters. The van der Waals surface area contributed by atoms with Crippen molar-refractivity contribution in [2.45, 2.75) is 12.8 Å². The number of aryl methyl sites for hydroxylation is 1. The Kier molecular flexibility index (Phi) is 1.88. The molecule has 0 radical (unpaired) electrons. The summed E-state index contributed by atoms with van der Waals surface area (Å²) in [6.45, 7) is 0.845. The smallest absolute Gasteiger partial charge is 0.339 e. The molecular formula is C9H10N2O2. The van der Waals surface area contributed by atoms with Gasteiger partial charge in [-0.25, -0.2) is 4.79 Å². The molecule has 0 spiro atoms. The number of nitrogens with one attached hydrogen (secondary N) is 1. The summed E-state index contributed by atoms with van der Waals surface area (Å²) in [5, 5.41) is 12.0. The van der Waals surface area contributed by atoms with E-state index in [9.17, 15) is 4.79 Å². The zero-order chi connectivity index (χ0) is 9.26. The van der Waals surface area contributed by atoms with E-state index in [0.717, 1.165) is 30.6 Å². The summed E-state index contributed by atoms with van der Waals surface area (Å²) in [4.78, 5) is 14.7. The Morgan fingerprint density at radius 2 is 2.38 bits per heavy atom. The minimum atomic E-state index is -0.918. The van der Waals surface area contributed by atoms with Crippen LogP contribution in [-0.4, -0.2) is 22.6 Å². The van der Waals surface area contributed by atoms with E-state index in [4.69, 9.17) is 5.11 Å². The SMILES string of the molecule is O=C(O)c1cncc2c1NCCC2. The zero-order valence-electron chi connectivity index (χ0n) is 7.08. The van der Waals surface area contributed by atoms with Crippen LogP contribution in [0.5, 0.6) is 0 Å². The molecule has 1 aliphatic rings. The number of carboxylic acids is 1. The largest absolute Gasteiger partial charge is 0.478 e. The van der Waals surface area contributed by atoms with Gasteiger partial charge in [-0.15, -0.1) is 0 Å². The Hall–Kier alpha value is -1.58. The average molecular weight is 178 g/mol. The van der Waals surface area contributed by atoms with Crippen molar-refractivity contribution in [3.8, 4) is 0 Å². The molecule has 0 aliphatic carbocycles. The predicted octanol–water partition coefficient (Wildman–Crippen LogP) is 1.14. The first-order valence-corrected chi connectivity index (χ1v) is 4.23. The molecule has 1 aliphatic heterocycles. The topological polar surface area (TPSA) is 62.2 Å². The van der Waals surface area contributed by atoms with Crippen molar-refractivity contribution in [1.29, 1.82) is 0 Å². The highest BCUT2D eigenvalue weighted by molar-refractivity contribution is 5.94. The maximum Gasteiger partial charge on any atom is 0.339 e. The summed E-state index contributed by atoms with van der Waals surface area (Å²) >= 11 is 0. The third kappa shape index (κ3) is 1.35. The molecule has 4 heteroatoms. The number of anilines is 1. The average Bonchev–Trinajstić information content (AvgIpc) is 2.17. The van der Waals surface area contributed by atoms with E-state index in [2.05, 4.69) is 10.3 Å². The van der Waals surface area contributed by atoms with Crippen molar-refractivity contribution in [2.24, 2.45) is 0 Å². The molecule has 0 fully saturated rings. The molecule has 2 heterocycles. The molecule has 1 aromatic rings. The highest BCUT2D eigenvalue weighted by atomic mass is 16.4. The zero-order valence-corrected chi connectivity index (χ0v) is 7.08. The highest BCUT2D eigenvalue weighted by Gasteiger charge is 2.16. The molecule has 2 rings (SSSR count). The lowest BCUT2D eigenvalue weighted by atomic mass is 10.0. The summed E-state index contributed by atoms with van der Waals surface area (Å²) in [6.07, 6.45) is 5.07. The Labute approximate surface area is 75.6 Å². The van der Waals surface area contributed by atoms with Gasteiger partial charge in [-0.1, -0.05) is 0 Å². The summed E-state index contributed by atoms with van der Waals surface area (Å²) in [6, 6.07) is 0. The molecule has 0 amide bonds. The van der Waals surface area contributed by atoms with Crippen LogP contribution in [0.4, 0.5) is 5.69 Å². The third-order valence-electron chi connectivity index (χ3n) is 2.18. The molecular weight excluding hydrogens is 168 g/mol. The lowest BCUT2D eigenvalue weighted by Gasteiger charge is -2.18. The van der Waals surface area contributed by atoms with E-state index in [0.29, 0.717) is 0 Å². The molecule has 13 heavy (non-hydrogen) atoms. The summed E-state index contributed by atoms with van der Waals surface area (Å²) in [5.41, 5.74) is 2.03. The highest BCUT2D eigenvalue weighted by Crippen LogP contribution is 2.24. The first-order valence-electron chi connectivity index (χ1n) is 4.23. The fraction of sp³-hybridized carbons (Fsp3) is 0.333. The van der Waals surface area contributed by atoms with Crippen LogP contribution in [0.1, 0.15) is 22.3 Å². The molecule has 0 saturated heterocycles. The number of aromatic nitrogens is 1. The number of nitrogens with zero attached hydrogens (tertiary/aromatic N) is 1. The summed E-state index contributed by atoms with van der Waals surface area (Å²) in [5.74, 6) is -0.918. The minimum absolute atomic E-state index is 0.275. The Morgan fingerprint density at radius 3 is 3.15 bits per heavy atom. The van der Waals surface area contributed by atoms with Gasteiger partial charge in [-0.05, 0) is 18.4 Å². The second-order valence-electron chi connectivity index (χ2n) is 3.06. The molecule has 68 valence electrons. The maximum absolute atomic E-state index is 10.8. The van der Waals surface area contributed by atoms with Crippen LogP contribution in [-0.2, 0) is 6.42 Å². The second kappa shape index (κ2) is 3.05. The number of aromatic carboxylic acids is 1. The van der Waals surface area contributed by atoms with Gasteiger partial charge < -0.3 is 10.4 Å². The van der Waals surface area contributed by atoms with E-state index < -0.39 is 5.97 Å². The molecule has 2 N–H and O–H groups in total. The van der Waals surface area contributed by atoms with E-state index in [-0.39, 0.29) is 5.56 Å². The van der Waals surface area contributed by atoms with Crippen molar-refractivity contribution in [2.75, 3.05) is 11.9 Å². The van der Waals surface area contributed by atoms with Crippen LogP contribution in [0.3, 0.4) is 0 Å². The maximum atomic E-state index is 10.8. The van der Waals surface area contributed by atoms with E-state index >= 15 is 0 Å². The lowest BCUT2D eigenvalue weighted by Crippen LogP contribution is -2.16. The number of hydrogen-bond donors (Lipinski definition) is 2. The standard InChI is InChI=1S/C9H10N2O2/c12-9(13)7-5-10-4-6-2-1-3-11-8(6)7/h4-5,11H,1-3H2,(H,12,13). The van der Waals surface area contributed by atoms with Crippen molar-refractivity contribution >= 4 is 11.7 Å². The quantitative estimate of drug-likeness (QED) is 0.676. The van der Waals surface area contributed by atoms with Gasteiger partial charge >= 0.3 is 5.97 Å². The monoisotopic (exact) mass is 178 g/mol. The Morgan fingerprint density at radius 1 is 1.54 bits per heavy atom. The van der Waals surface area contributed by atoms with Gasteiger partial charge in [0.25, 0.3) is 0 Å². The van der Waals surface area contributed by atoms with Crippen LogP contribution in [0, 0.1) is 0 Å². The number of hydrogen-bond acceptors (Lipinski definition) is 3. The van der Waals surface area contributed by atoms with Crippen LogP contribution in [0.15, 0.2) is 12.4 Å². The van der Waals surface area contributed by atoms with E-state index in [1.807, 2.05) is 0 Å². The van der Waals surface area contributed by atoms with Gasteiger partial charge in [0.2, 0.25) is 0 Å². The number of carbonyl (C=O) groups is 1. The van der Waals surface area contributed by atoms with Gasteiger partial charge in [-0.2, -0.15) is 0 Å². The predicted molar refractivity (Wildman–Crippen MR) is 48.0 cm³/mol. The molecule has 0 atom stereocenters. The molecule has 0 bridgehead atoms. The number of rotatable bonds is 1. The van der Waals surface area contributed by atoms with Crippen LogP contribution in [0.25, 0.3) is 0 Å². The second-order valence-corrected chi connectivity index (χ2v) is 3.06. The number of pyridine rings is 1. The van der Waals surface area contributed by atoms with Gasteiger partial charge in [0.15, 0.2) is 0 Å². The van der Waals surface area contributed by atoms with Crippen molar-refractivity contribution < 1.29 is 9.90 Å². The van der Waals surface area contributed by atoms with E-state index in [1.54, 1.807) is 6.20 Å². The van der Waals surface area contributed by atoms with Gasteiger partial charge in [0.1, 0.15) is 5.56 Å². The fourth-order valence-electron chi connectivity index (χ4n) is 1.56. The van der Waals surface area contributed by atoms with Crippen molar-refractivity contribution in [3.05, 3.63) is 23.5 Å². The van der Waals surface area contributed by atoms with E-state index in [1.165, 1.54) is 6.20 Å². The minimum Gasteiger partial charge on any atom is -0.478 e. The summed E-state index contributed by atoms with van der Waals surface area (Å²) < 4.78 is 0. The normalized spacial score (nSPS) is 14.5.